The maximum Gasteiger partial charge on any atom is 0.0426 e. The van der Waals surface area contributed by atoms with Gasteiger partial charge in [-0.25, -0.2) is 0 Å². The lowest BCUT2D eigenvalue weighted by Crippen LogP contribution is -2.31. The SMILES string of the molecule is Cc1cc(NC2CN(C(C)C)CC2C)ccn1. The highest BCUT2D eigenvalue weighted by molar-refractivity contribution is 5.44. The van der Waals surface area contributed by atoms with Crippen LogP contribution < -0.4 is 5.32 Å². The second kappa shape index (κ2) is 5.05. The van der Waals surface area contributed by atoms with E-state index in [9.17, 15) is 0 Å². The molecule has 3 heteroatoms. The van der Waals surface area contributed by atoms with Crippen molar-refractivity contribution in [3.63, 3.8) is 0 Å². The van der Waals surface area contributed by atoms with Crippen LogP contribution in [-0.4, -0.2) is 35.1 Å². The molecule has 1 aliphatic rings. The summed E-state index contributed by atoms with van der Waals surface area (Å²) in [5.41, 5.74) is 2.27. The monoisotopic (exact) mass is 233 g/mol. The summed E-state index contributed by atoms with van der Waals surface area (Å²) >= 11 is 0. The molecule has 1 fully saturated rings. The third-order valence-electron chi connectivity index (χ3n) is 3.62. The zero-order valence-electron chi connectivity index (χ0n) is 11.3. The van der Waals surface area contributed by atoms with Crippen molar-refractivity contribution < 1.29 is 0 Å². The van der Waals surface area contributed by atoms with Crippen LogP contribution in [0.4, 0.5) is 5.69 Å². The van der Waals surface area contributed by atoms with Gasteiger partial charge in [-0.05, 0) is 38.8 Å². The highest BCUT2D eigenvalue weighted by Crippen LogP contribution is 2.22. The van der Waals surface area contributed by atoms with Crippen LogP contribution >= 0.6 is 0 Å². The van der Waals surface area contributed by atoms with Crippen LogP contribution in [0.25, 0.3) is 0 Å². The first-order chi connectivity index (χ1) is 8.06. The number of nitrogens with zero attached hydrogens (tertiary/aromatic N) is 2. The number of pyridine rings is 1. The van der Waals surface area contributed by atoms with Gasteiger partial charge in [0.1, 0.15) is 0 Å². The first-order valence-electron chi connectivity index (χ1n) is 6.49. The Morgan fingerprint density at radius 1 is 1.41 bits per heavy atom. The summed E-state index contributed by atoms with van der Waals surface area (Å²) in [7, 11) is 0. The number of likely N-dealkylation sites (tertiary alicyclic amines) is 1. The van der Waals surface area contributed by atoms with Crippen LogP contribution in [0.1, 0.15) is 26.5 Å². The highest BCUT2D eigenvalue weighted by atomic mass is 15.2. The second-order valence-corrected chi connectivity index (χ2v) is 5.46. The van der Waals surface area contributed by atoms with Crippen molar-refractivity contribution in [1.29, 1.82) is 0 Å². The molecule has 17 heavy (non-hydrogen) atoms. The minimum Gasteiger partial charge on any atom is -0.381 e. The van der Waals surface area contributed by atoms with E-state index in [1.807, 2.05) is 13.1 Å². The van der Waals surface area contributed by atoms with Gasteiger partial charge < -0.3 is 5.32 Å². The van der Waals surface area contributed by atoms with Crippen molar-refractivity contribution in [2.45, 2.75) is 39.8 Å². The van der Waals surface area contributed by atoms with Crippen molar-refractivity contribution in [1.82, 2.24) is 9.88 Å². The Balaban J connectivity index is 2.00. The molecule has 1 aliphatic heterocycles. The maximum absolute atomic E-state index is 4.23. The van der Waals surface area contributed by atoms with Crippen molar-refractivity contribution in [3.05, 3.63) is 24.0 Å². The summed E-state index contributed by atoms with van der Waals surface area (Å²) in [6.45, 7) is 11.2. The quantitative estimate of drug-likeness (QED) is 0.869. The van der Waals surface area contributed by atoms with Crippen LogP contribution in [0.2, 0.25) is 0 Å². The average Bonchev–Trinajstić information content (AvgIpc) is 2.61. The third kappa shape index (κ3) is 2.97. The summed E-state index contributed by atoms with van der Waals surface area (Å²) in [6.07, 6.45) is 1.87. The summed E-state index contributed by atoms with van der Waals surface area (Å²) in [6, 6.07) is 5.37. The molecule has 0 amide bonds. The summed E-state index contributed by atoms with van der Waals surface area (Å²) in [4.78, 5) is 6.76. The Bertz CT molecular complexity index is 375. The van der Waals surface area contributed by atoms with E-state index < -0.39 is 0 Å². The van der Waals surface area contributed by atoms with Gasteiger partial charge in [-0.15, -0.1) is 0 Å². The number of aryl methyl sites for hydroxylation is 1. The summed E-state index contributed by atoms with van der Waals surface area (Å²) < 4.78 is 0. The number of nitrogens with one attached hydrogen (secondary N) is 1. The maximum atomic E-state index is 4.23. The first-order valence-corrected chi connectivity index (χ1v) is 6.49. The van der Waals surface area contributed by atoms with E-state index in [1.165, 1.54) is 12.2 Å². The number of anilines is 1. The predicted octanol–water partition coefficient (Wildman–Crippen LogP) is 2.53. The molecule has 1 aromatic rings. The lowest BCUT2D eigenvalue weighted by atomic mass is 10.1. The zero-order valence-corrected chi connectivity index (χ0v) is 11.3. The van der Waals surface area contributed by atoms with E-state index in [2.05, 4.69) is 48.1 Å². The molecule has 2 unspecified atom stereocenters. The molecule has 2 rings (SSSR count). The predicted molar refractivity (Wildman–Crippen MR) is 72.3 cm³/mol. The van der Waals surface area contributed by atoms with Gasteiger partial charge >= 0.3 is 0 Å². The van der Waals surface area contributed by atoms with E-state index in [0.29, 0.717) is 18.0 Å². The standard InChI is InChI=1S/C14H23N3/c1-10(2)17-8-11(3)14(9-17)16-13-5-6-15-12(4)7-13/h5-7,10-11,14H,8-9H2,1-4H3,(H,15,16). The molecule has 0 aliphatic carbocycles. The van der Waals surface area contributed by atoms with Gasteiger partial charge in [-0.1, -0.05) is 6.92 Å². The van der Waals surface area contributed by atoms with Crippen molar-refractivity contribution in [3.8, 4) is 0 Å². The van der Waals surface area contributed by atoms with Gasteiger partial charge in [-0.2, -0.15) is 0 Å². The molecule has 0 spiro atoms. The van der Waals surface area contributed by atoms with E-state index in [1.54, 1.807) is 0 Å². The Hall–Kier alpha value is -1.09. The normalized spacial score (nSPS) is 25.5. The van der Waals surface area contributed by atoms with Gasteiger partial charge in [0.25, 0.3) is 0 Å². The van der Waals surface area contributed by atoms with Crippen LogP contribution in [0, 0.1) is 12.8 Å². The molecule has 2 atom stereocenters. The van der Waals surface area contributed by atoms with Crippen molar-refractivity contribution >= 4 is 5.69 Å². The lowest BCUT2D eigenvalue weighted by molar-refractivity contribution is 0.267. The fourth-order valence-corrected chi connectivity index (χ4v) is 2.46. The van der Waals surface area contributed by atoms with E-state index in [4.69, 9.17) is 0 Å². The van der Waals surface area contributed by atoms with Gasteiger partial charge in [0.2, 0.25) is 0 Å². The van der Waals surface area contributed by atoms with Gasteiger partial charge in [0.05, 0.1) is 0 Å². The largest absolute Gasteiger partial charge is 0.381 e. The Kier molecular flexibility index (Phi) is 3.67. The average molecular weight is 233 g/mol. The van der Waals surface area contributed by atoms with Gasteiger partial charge in [-0.3, -0.25) is 9.88 Å². The third-order valence-corrected chi connectivity index (χ3v) is 3.62. The van der Waals surface area contributed by atoms with E-state index in [0.717, 1.165) is 12.2 Å². The Morgan fingerprint density at radius 2 is 2.18 bits per heavy atom. The molecule has 1 saturated heterocycles. The molecule has 94 valence electrons. The summed E-state index contributed by atoms with van der Waals surface area (Å²) in [5.74, 6) is 0.700. The molecular weight excluding hydrogens is 210 g/mol. The van der Waals surface area contributed by atoms with Gasteiger partial charge in [0, 0.05) is 42.8 Å². The number of hydrogen-bond donors (Lipinski definition) is 1. The highest BCUT2D eigenvalue weighted by Gasteiger charge is 2.30. The second-order valence-electron chi connectivity index (χ2n) is 5.46. The smallest absolute Gasteiger partial charge is 0.0426 e. The molecule has 0 radical (unpaired) electrons. The van der Waals surface area contributed by atoms with Gasteiger partial charge in [0.15, 0.2) is 0 Å². The minimum atomic E-state index is 0.555. The lowest BCUT2D eigenvalue weighted by Gasteiger charge is -2.21. The molecule has 1 aromatic heterocycles. The fourth-order valence-electron chi connectivity index (χ4n) is 2.46. The molecular formula is C14H23N3. The Morgan fingerprint density at radius 3 is 2.76 bits per heavy atom. The van der Waals surface area contributed by atoms with Crippen molar-refractivity contribution in [2.24, 2.45) is 5.92 Å². The van der Waals surface area contributed by atoms with Crippen molar-refractivity contribution in [2.75, 3.05) is 18.4 Å². The molecule has 2 heterocycles. The number of aromatic nitrogens is 1. The minimum absolute atomic E-state index is 0.555. The molecule has 0 saturated carbocycles. The number of hydrogen-bond acceptors (Lipinski definition) is 3. The first kappa shape index (κ1) is 12.4. The molecule has 1 N–H and O–H groups in total. The topological polar surface area (TPSA) is 28.2 Å². The number of rotatable bonds is 3. The fraction of sp³-hybridized carbons (Fsp3) is 0.643. The molecule has 3 nitrogen and oxygen atoms in total. The molecule has 0 aromatic carbocycles. The van der Waals surface area contributed by atoms with E-state index in [-0.39, 0.29) is 0 Å². The van der Waals surface area contributed by atoms with Crippen LogP contribution in [0.3, 0.4) is 0 Å². The van der Waals surface area contributed by atoms with Crippen LogP contribution in [0.5, 0.6) is 0 Å². The Labute approximate surface area is 104 Å². The van der Waals surface area contributed by atoms with Crippen LogP contribution in [0.15, 0.2) is 18.3 Å². The van der Waals surface area contributed by atoms with Crippen LogP contribution in [-0.2, 0) is 0 Å². The zero-order chi connectivity index (χ0) is 12.4. The summed E-state index contributed by atoms with van der Waals surface area (Å²) in [5, 5.41) is 3.63. The molecule has 0 bridgehead atoms. The van der Waals surface area contributed by atoms with E-state index >= 15 is 0 Å².